The van der Waals surface area contributed by atoms with Gasteiger partial charge in [-0.15, -0.1) is 0 Å². The van der Waals surface area contributed by atoms with Gasteiger partial charge in [-0.2, -0.15) is 5.10 Å². The zero-order chi connectivity index (χ0) is 18.7. The highest BCUT2D eigenvalue weighted by molar-refractivity contribution is 5.75. The lowest BCUT2D eigenvalue weighted by Gasteiger charge is -2.36. The molecule has 2 heterocycles. The van der Waals surface area contributed by atoms with Gasteiger partial charge in [-0.25, -0.2) is 0 Å². The lowest BCUT2D eigenvalue weighted by atomic mass is 9.94. The normalized spacial score (nSPS) is 17.2. The second-order valence-electron chi connectivity index (χ2n) is 7.57. The Kier molecular flexibility index (Phi) is 5.77. The minimum atomic E-state index is 0.221. The fourth-order valence-electron chi connectivity index (χ4n) is 3.81. The molecule has 1 aliphatic heterocycles. The minimum absolute atomic E-state index is 0.221. The summed E-state index contributed by atoms with van der Waals surface area (Å²) < 4.78 is 1.99. The molecule has 1 atom stereocenters. The third-order valence-electron chi connectivity index (χ3n) is 5.39. The first-order valence-corrected chi connectivity index (χ1v) is 9.46. The van der Waals surface area contributed by atoms with Gasteiger partial charge >= 0.3 is 0 Å². The molecule has 0 spiro atoms. The Balaban J connectivity index is 1.49. The fourth-order valence-corrected chi connectivity index (χ4v) is 3.81. The van der Waals surface area contributed by atoms with Crippen molar-refractivity contribution in [3.05, 3.63) is 52.8 Å². The van der Waals surface area contributed by atoms with Crippen LogP contribution in [0, 0.1) is 13.8 Å². The predicted octanol–water partition coefficient (Wildman–Crippen LogP) is 2.80. The maximum Gasteiger partial charge on any atom is 0.222 e. The Morgan fingerprint density at radius 2 is 2.00 bits per heavy atom. The molecule has 0 aliphatic carbocycles. The van der Waals surface area contributed by atoms with E-state index >= 15 is 0 Å². The number of likely N-dealkylation sites (N-methyl/N-ethyl adjacent to an activating group) is 2. The van der Waals surface area contributed by atoms with Crippen molar-refractivity contribution >= 4 is 5.91 Å². The lowest BCUT2D eigenvalue weighted by Crippen LogP contribution is -2.46. The van der Waals surface area contributed by atoms with E-state index in [4.69, 9.17) is 0 Å². The number of hydrogen-bond acceptors (Lipinski definition) is 3. The Bertz CT molecular complexity index is 767. The van der Waals surface area contributed by atoms with Gasteiger partial charge in [-0.05, 0) is 50.9 Å². The van der Waals surface area contributed by atoms with Gasteiger partial charge in [0.1, 0.15) is 0 Å². The molecule has 0 N–H and O–H groups in total. The van der Waals surface area contributed by atoms with Crippen molar-refractivity contribution in [2.24, 2.45) is 0 Å². The molecule has 0 fully saturated rings. The van der Waals surface area contributed by atoms with E-state index in [1.165, 1.54) is 11.1 Å². The van der Waals surface area contributed by atoms with Crippen LogP contribution >= 0.6 is 0 Å². The molecule has 5 nitrogen and oxygen atoms in total. The zero-order valence-corrected chi connectivity index (χ0v) is 16.4. The second kappa shape index (κ2) is 8.04. The van der Waals surface area contributed by atoms with E-state index in [0.717, 1.165) is 43.9 Å². The summed E-state index contributed by atoms with van der Waals surface area (Å²) in [6.07, 6.45) is 2.41. The quantitative estimate of drug-likeness (QED) is 0.801. The summed E-state index contributed by atoms with van der Waals surface area (Å²) in [5.41, 5.74) is 5.02. The molecule has 0 saturated carbocycles. The van der Waals surface area contributed by atoms with Crippen molar-refractivity contribution in [3.63, 3.8) is 0 Å². The first-order valence-electron chi connectivity index (χ1n) is 9.46. The Labute approximate surface area is 156 Å². The number of carbonyl (C=O) groups excluding carboxylic acids is 1. The first-order chi connectivity index (χ1) is 12.4. The van der Waals surface area contributed by atoms with Gasteiger partial charge in [-0.1, -0.05) is 24.3 Å². The van der Waals surface area contributed by atoms with Gasteiger partial charge in [0.25, 0.3) is 0 Å². The Morgan fingerprint density at radius 1 is 1.27 bits per heavy atom. The number of aryl methyl sites for hydroxylation is 3. The van der Waals surface area contributed by atoms with Crippen LogP contribution in [0.1, 0.15) is 35.4 Å². The molecule has 1 aromatic heterocycles. The van der Waals surface area contributed by atoms with Crippen LogP contribution in [0.5, 0.6) is 0 Å². The molecule has 1 unspecified atom stereocenters. The summed E-state index contributed by atoms with van der Waals surface area (Å²) in [7, 11) is 4.09. The van der Waals surface area contributed by atoms with Crippen LogP contribution in [0.3, 0.4) is 0 Å². The van der Waals surface area contributed by atoms with Crippen molar-refractivity contribution in [2.75, 3.05) is 20.6 Å². The molecule has 2 aromatic rings. The number of rotatable bonds is 6. The number of amides is 1. The molecule has 5 heteroatoms. The van der Waals surface area contributed by atoms with E-state index in [1.807, 2.05) is 23.6 Å². The van der Waals surface area contributed by atoms with E-state index in [2.05, 4.69) is 54.3 Å². The third-order valence-corrected chi connectivity index (χ3v) is 5.39. The van der Waals surface area contributed by atoms with E-state index < -0.39 is 0 Å². The van der Waals surface area contributed by atoms with Gasteiger partial charge in [0.2, 0.25) is 5.91 Å². The van der Waals surface area contributed by atoms with Gasteiger partial charge in [0, 0.05) is 44.8 Å². The van der Waals surface area contributed by atoms with Crippen molar-refractivity contribution in [1.29, 1.82) is 0 Å². The highest BCUT2D eigenvalue weighted by Crippen LogP contribution is 2.22. The highest BCUT2D eigenvalue weighted by atomic mass is 16.2. The Morgan fingerprint density at radius 3 is 2.69 bits per heavy atom. The number of benzene rings is 1. The highest BCUT2D eigenvalue weighted by Gasteiger charge is 2.25. The summed E-state index contributed by atoms with van der Waals surface area (Å²) in [5.74, 6) is 0.221. The van der Waals surface area contributed by atoms with Gasteiger partial charge in [0.15, 0.2) is 0 Å². The molecular formula is C21H30N4O. The minimum Gasteiger partial charge on any atom is -0.344 e. The number of hydrogen-bond donors (Lipinski definition) is 0. The van der Waals surface area contributed by atoms with E-state index in [9.17, 15) is 4.79 Å². The van der Waals surface area contributed by atoms with Crippen molar-refractivity contribution in [3.8, 4) is 0 Å². The molecule has 140 valence electrons. The zero-order valence-electron chi connectivity index (χ0n) is 16.4. The van der Waals surface area contributed by atoms with Crippen LogP contribution in [-0.4, -0.2) is 52.2 Å². The van der Waals surface area contributed by atoms with Crippen molar-refractivity contribution in [2.45, 2.75) is 52.2 Å². The standard InChI is InChI=1S/C21H30N4O/c1-16-12-17(2)25(22-16)11-7-10-21(26)24(4)15-20-13-18-8-5-6-9-19(18)14-23(20)3/h5-6,8-9,12,20H,7,10-11,13-15H2,1-4H3. The van der Waals surface area contributed by atoms with E-state index in [1.54, 1.807) is 0 Å². The van der Waals surface area contributed by atoms with Crippen LogP contribution in [-0.2, 0) is 24.3 Å². The average Bonchev–Trinajstić information content (AvgIpc) is 2.92. The number of carbonyl (C=O) groups is 1. The summed E-state index contributed by atoms with van der Waals surface area (Å²) in [6, 6.07) is 11.1. The van der Waals surface area contributed by atoms with E-state index in [-0.39, 0.29) is 5.91 Å². The predicted molar refractivity (Wildman–Crippen MR) is 104 cm³/mol. The third kappa shape index (κ3) is 4.33. The molecule has 0 radical (unpaired) electrons. The summed E-state index contributed by atoms with van der Waals surface area (Å²) in [5, 5.41) is 4.46. The van der Waals surface area contributed by atoms with Gasteiger partial charge in [0.05, 0.1) is 5.69 Å². The summed E-state index contributed by atoms with van der Waals surface area (Å²) in [4.78, 5) is 16.8. The molecular weight excluding hydrogens is 324 g/mol. The van der Waals surface area contributed by atoms with Crippen LogP contribution < -0.4 is 0 Å². The van der Waals surface area contributed by atoms with E-state index in [0.29, 0.717) is 12.5 Å². The van der Waals surface area contributed by atoms with Crippen LogP contribution in [0.4, 0.5) is 0 Å². The maximum absolute atomic E-state index is 12.5. The Hall–Kier alpha value is -2.14. The smallest absolute Gasteiger partial charge is 0.222 e. The molecule has 1 aliphatic rings. The van der Waals surface area contributed by atoms with Crippen molar-refractivity contribution in [1.82, 2.24) is 19.6 Å². The largest absolute Gasteiger partial charge is 0.344 e. The fraction of sp³-hybridized carbons (Fsp3) is 0.524. The SMILES string of the molecule is Cc1cc(C)n(CCCC(=O)N(C)CC2Cc3ccccc3CN2C)n1. The molecule has 0 bridgehead atoms. The van der Waals surface area contributed by atoms with Crippen LogP contribution in [0.15, 0.2) is 30.3 Å². The maximum atomic E-state index is 12.5. The monoisotopic (exact) mass is 354 g/mol. The van der Waals surface area contributed by atoms with Crippen molar-refractivity contribution < 1.29 is 4.79 Å². The topological polar surface area (TPSA) is 41.4 Å². The molecule has 26 heavy (non-hydrogen) atoms. The number of nitrogens with zero attached hydrogens (tertiary/aromatic N) is 4. The first kappa shape index (κ1) is 18.6. The molecule has 1 aromatic carbocycles. The van der Waals surface area contributed by atoms with Crippen LogP contribution in [0.25, 0.3) is 0 Å². The number of fused-ring (bicyclic) bond motifs is 1. The summed E-state index contributed by atoms with van der Waals surface area (Å²) in [6.45, 7) is 6.60. The summed E-state index contributed by atoms with van der Waals surface area (Å²) >= 11 is 0. The second-order valence-corrected chi connectivity index (χ2v) is 7.57. The molecule has 0 saturated heterocycles. The molecule has 1 amide bonds. The van der Waals surface area contributed by atoms with Gasteiger partial charge < -0.3 is 4.90 Å². The molecule has 3 rings (SSSR count). The number of aromatic nitrogens is 2. The van der Waals surface area contributed by atoms with Gasteiger partial charge in [-0.3, -0.25) is 14.4 Å². The average molecular weight is 354 g/mol. The lowest BCUT2D eigenvalue weighted by molar-refractivity contribution is -0.130. The van der Waals surface area contributed by atoms with Crippen LogP contribution in [0.2, 0.25) is 0 Å².